The third-order valence-corrected chi connectivity index (χ3v) is 2.87. The van der Waals surface area contributed by atoms with Gasteiger partial charge in [-0.15, -0.1) is 6.58 Å². The lowest BCUT2D eigenvalue weighted by molar-refractivity contribution is 0.00922. The number of nitrogens with zero attached hydrogens (tertiary/aromatic N) is 1. The van der Waals surface area contributed by atoms with Gasteiger partial charge in [-0.3, -0.25) is 4.90 Å². The number of amides is 1. The van der Waals surface area contributed by atoms with E-state index in [1.807, 2.05) is 26.8 Å². The quantitative estimate of drug-likeness (QED) is 0.771. The summed E-state index contributed by atoms with van der Waals surface area (Å²) in [5, 5.41) is 9.29. The lowest BCUT2D eigenvalue weighted by Crippen LogP contribution is -2.45. The Kier molecular flexibility index (Phi) is 4.57. The summed E-state index contributed by atoms with van der Waals surface area (Å²) in [6.45, 7) is 9.23. The maximum atomic E-state index is 12.1. The van der Waals surface area contributed by atoms with Crippen molar-refractivity contribution in [2.45, 2.75) is 57.7 Å². The summed E-state index contributed by atoms with van der Waals surface area (Å²) >= 11 is 0. The fourth-order valence-corrected chi connectivity index (χ4v) is 2.18. The molecule has 1 fully saturated rings. The number of hydrogen-bond acceptors (Lipinski definition) is 3. The van der Waals surface area contributed by atoms with E-state index in [2.05, 4.69) is 6.58 Å². The first kappa shape index (κ1) is 14.0. The van der Waals surface area contributed by atoms with Crippen molar-refractivity contribution < 1.29 is 14.6 Å². The molecule has 1 amide bonds. The molecule has 1 aliphatic heterocycles. The van der Waals surface area contributed by atoms with Crippen LogP contribution in [0, 0.1) is 0 Å². The molecular weight excluding hydrogens is 218 g/mol. The van der Waals surface area contributed by atoms with Crippen LogP contribution in [0.4, 0.5) is 4.79 Å². The first-order valence-electron chi connectivity index (χ1n) is 6.12. The van der Waals surface area contributed by atoms with E-state index in [1.54, 1.807) is 4.90 Å². The van der Waals surface area contributed by atoms with Crippen molar-refractivity contribution in [1.29, 1.82) is 0 Å². The Morgan fingerprint density at radius 3 is 2.53 bits per heavy atom. The number of carbonyl (C=O) groups is 1. The fourth-order valence-electron chi connectivity index (χ4n) is 2.18. The molecule has 1 saturated heterocycles. The van der Waals surface area contributed by atoms with Gasteiger partial charge in [-0.1, -0.05) is 6.08 Å². The predicted octanol–water partition coefficient (Wildman–Crippen LogP) is 2.32. The maximum absolute atomic E-state index is 12.1. The molecule has 0 unspecified atom stereocenters. The van der Waals surface area contributed by atoms with Crippen molar-refractivity contribution in [3.05, 3.63) is 12.7 Å². The van der Waals surface area contributed by atoms with E-state index in [0.717, 1.165) is 19.3 Å². The Hall–Kier alpha value is -1.03. The van der Waals surface area contributed by atoms with E-state index in [-0.39, 0.29) is 24.8 Å². The van der Waals surface area contributed by atoms with Crippen molar-refractivity contribution in [2.75, 3.05) is 6.61 Å². The van der Waals surface area contributed by atoms with Crippen molar-refractivity contribution >= 4 is 6.09 Å². The molecule has 0 aromatic carbocycles. The maximum Gasteiger partial charge on any atom is 0.410 e. The molecule has 0 aromatic rings. The van der Waals surface area contributed by atoms with Crippen LogP contribution in [0.25, 0.3) is 0 Å². The van der Waals surface area contributed by atoms with Gasteiger partial charge in [-0.05, 0) is 40.0 Å². The molecule has 1 N–H and O–H groups in total. The number of rotatable bonds is 3. The summed E-state index contributed by atoms with van der Waals surface area (Å²) in [6, 6.07) is -0.00528. The summed E-state index contributed by atoms with van der Waals surface area (Å²) in [5.74, 6) is 0. The Bertz CT molecular complexity index is 283. The standard InChI is InChI=1S/C13H23NO3/c1-5-6-10-7-8-11(9-15)14(10)12(16)17-13(2,3)4/h5,10-11,15H,1,6-9H2,2-4H3/t10-,11-/m0/s1. The number of aliphatic hydroxyl groups excluding tert-OH is 1. The minimum atomic E-state index is -0.502. The van der Waals surface area contributed by atoms with Crippen molar-refractivity contribution in [3.8, 4) is 0 Å². The summed E-state index contributed by atoms with van der Waals surface area (Å²) in [6.07, 6.45) is 3.95. The molecule has 0 aliphatic carbocycles. The molecule has 1 heterocycles. The van der Waals surface area contributed by atoms with Crippen LogP contribution in [0.3, 0.4) is 0 Å². The van der Waals surface area contributed by atoms with Gasteiger partial charge in [0.2, 0.25) is 0 Å². The van der Waals surface area contributed by atoms with Crippen molar-refractivity contribution in [2.24, 2.45) is 0 Å². The first-order valence-corrected chi connectivity index (χ1v) is 6.12. The zero-order chi connectivity index (χ0) is 13.1. The van der Waals surface area contributed by atoms with Crippen LogP contribution in [0.2, 0.25) is 0 Å². The third kappa shape index (κ3) is 3.73. The van der Waals surface area contributed by atoms with E-state index in [4.69, 9.17) is 4.74 Å². The highest BCUT2D eigenvalue weighted by Gasteiger charge is 2.38. The number of aliphatic hydroxyl groups is 1. The van der Waals surface area contributed by atoms with Gasteiger partial charge < -0.3 is 9.84 Å². The SMILES string of the molecule is C=CC[C@H]1CC[C@@H](CO)N1C(=O)OC(C)(C)C. The highest BCUT2D eigenvalue weighted by atomic mass is 16.6. The van der Waals surface area contributed by atoms with E-state index in [1.165, 1.54) is 0 Å². The third-order valence-electron chi connectivity index (χ3n) is 2.87. The highest BCUT2D eigenvalue weighted by molar-refractivity contribution is 5.69. The molecule has 0 spiro atoms. The summed E-state index contributed by atoms with van der Waals surface area (Å²) < 4.78 is 5.37. The van der Waals surface area contributed by atoms with Gasteiger partial charge in [0.05, 0.1) is 12.6 Å². The minimum absolute atomic E-state index is 0.00706. The van der Waals surface area contributed by atoms with Crippen molar-refractivity contribution in [3.63, 3.8) is 0 Å². The van der Waals surface area contributed by atoms with Gasteiger partial charge in [0, 0.05) is 6.04 Å². The summed E-state index contributed by atoms with van der Waals surface area (Å²) in [5.41, 5.74) is -0.502. The van der Waals surface area contributed by atoms with E-state index >= 15 is 0 Å². The Morgan fingerprint density at radius 1 is 1.47 bits per heavy atom. The monoisotopic (exact) mass is 241 g/mol. The molecule has 0 radical (unpaired) electrons. The van der Waals surface area contributed by atoms with Gasteiger partial charge in [-0.25, -0.2) is 4.79 Å². The Morgan fingerprint density at radius 2 is 2.06 bits per heavy atom. The van der Waals surface area contributed by atoms with Gasteiger partial charge in [0.15, 0.2) is 0 Å². The molecule has 4 nitrogen and oxygen atoms in total. The van der Waals surface area contributed by atoms with E-state index in [0.29, 0.717) is 0 Å². The van der Waals surface area contributed by atoms with Crippen LogP contribution in [0.1, 0.15) is 40.0 Å². The normalized spacial score (nSPS) is 24.8. The average Bonchev–Trinajstić information content (AvgIpc) is 2.58. The van der Waals surface area contributed by atoms with Crippen LogP contribution in [0.15, 0.2) is 12.7 Å². The second-order valence-corrected chi connectivity index (χ2v) is 5.48. The molecular formula is C13H23NO3. The number of likely N-dealkylation sites (tertiary alicyclic amines) is 1. The minimum Gasteiger partial charge on any atom is -0.444 e. The molecule has 0 bridgehead atoms. The molecule has 1 rings (SSSR count). The smallest absolute Gasteiger partial charge is 0.410 e. The number of carbonyl (C=O) groups excluding carboxylic acids is 1. The van der Waals surface area contributed by atoms with Gasteiger partial charge in [-0.2, -0.15) is 0 Å². The molecule has 4 heteroatoms. The molecule has 2 atom stereocenters. The molecule has 1 aliphatic rings. The van der Waals surface area contributed by atoms with Crippen LogP contribution in [-0.2, 0) is 4.74 Å². The molecule has 0 saturated carbocycles. The zero-order valence-electron chi connectivity index (χ0n) is 11.0. The number of hydrogen-bond donors (Lipinski definition) is 1. The largest absolute Gasteiger partial charge is 0.444 e. The highest BCUT2D eigenvalue weighted by Crippen LogP contribution is 2.28. The number of ether oxygens (including phenoxy) is 1. The van der Waals surface area contributed by atoms with Crippen LogP contribution in [-0.4, -0.2) is 40.4 Å². The topological polar surface area (TPSA) is 49.8 Å². The summed E-state index contributed by atoms with van der Waals surface area (Å²) in [7, 11) is 0. The Labute approximate surface area is 103 Å². The van der Waals surface area contributed by atoms with Gasteiger partial charge in [0.25, 0.3) is 0 Å². The van der Waals surface area contributed by atoms with Gasteiger partial charge >= 0.3 is 6.09 Å². The van der Waals surface area contributed by atoms with Crippen LogP contribution < -0.4 is 0 Å². The molecule has 0 aromatic heterocycles. The van der Waals surface area contributed by atoms with E-state index < -0.39 is 5.60 Å². The molecule has 17 heavy (non-hydrogen) atoms. The Balaban J connectivity index is 2.74. The van der Waals surface area contributed by atoms with E-state index in [9.17, 15) is 9.90 Å². The summed E-state index contributed by atoms with van der Waals surface area (Å²) in [4.78, 5) is 13.7. The first-order chi connectivity index (χ1) is 7.89. The second kappa shape index (κ2) is 5.54. The van der Waals surface area contributed by atoms with Gasteiger partial charge in [0.1, 0.15) is 5.60 Å². The fraction of sp³-hybridized carbons (Fsp3) is 0.769. The zero-order valence-corrected chi connectivity index (χ0v) is 11.0. The van der Waals surface area contributed by atoms with Crippen molar-refractivity contribution in [1.82, 2.24) is 4.90 Å². The molecule has 98 valence electrons. The second-order valence-electron chi connectivity index (χ2n) is 5.48. The lowest BCUT2D eigenvalue weighted by Gasteiger charge is -2.31. The lowest BCUT2D eigenvalue weighted by atomic mass is 10.1. The van der Waals surface area contributed by atoms with Crippen LogP contribution >= 0.6 is 0 Å². The average molecular weight is 241 g/mol. The predicted molar refractivity (Wildman–Crippen MR) is 66.8 cm³/mol. The van der Waals surface area contributed by atoms with Crippen LogP contribution in [0.5, 0.6) is 0 Å².